The molecule has 1 heterocycles. The molecule has 0 aromatic heterocycles. The first-order chi connectivity index (χ1) is 8.63. The lowest BCUT2D eigenvalue weighted by atomic mass is 10.0. The first-order valence-electron chi connectivity index (χ1n) is 5.42. The maximum atomic E-state index is 12.9. The van der Waals surface area contributed by atoms with Crippen LogP contribution in [0.3, 0.4) is 0 Å². The molecule has 1 aliphatic rings. The van der Waals surface area contributed by atoms with Gasteiger partial charge in [0.2, 0.25) is 0 Å². The van der Waals surface area contributed by atoms with E-state index in [2.05, 4.69) is 0 Å². The number of halogens is 2. The highest BCUT2D eigenvalue weighted by molar-refractivity contribution is 6.31. The summed E-state index contributed by atoms with van der Waals surface area (Å²) in [6.07, 6.45) is 0.226. The number of rotatable bonds is 1. The van der Waals surface area contributed by atoms with Crippen molar-refractivity contribution in [3.63, 3.8) is 0 Å². The van der Waals surface area contributed by atoms with Gasteiger partial charge in [-0.1, -0.05) is 23.7 Å². The van der Waals surface area contributed by atoms with Crippen LogP contribution in [0.25, 0.3) is 11.1 Å². The lowest BCUT2D eigenvalue weighted by Crippen LogP contribution is -2.00. The summed E-state index contributed by atoms with van der Waals surface area (Å²) in [5, 5.41) is 0.534. The number of carbonyl (C=O) groups is 1. The van der Waals surface area contributed by atoms with Crippen LogP contribution in [0.4, 0.5) is 4.39 Å². The Labute approximate surface area is 108 Å². The number of fused-ring (bicyclic) bond motifs is 1. The van der Waals surface area contributed by atoms with Crippen LogP contribution >= 0.6 is 11.6 Å². The van der Waals surface area contributed by atoms with Crippen LogP contribution in [0.1, 0.15) is 5.56 Å². The smallest absolute Gasteiger partial charge is 0.315 e. The monoisotopic (exact) mass is 262 g/mol. The van der Waals surface area contributed by atoms with Crippen molar-refractivity contribution >= 4 is 17.6 Å². The van der Waals surface area contributed by atoms with Crippen molar-refractivity contribution in [3.05, 3.63) is 52.8 Å². The average Bonchev–Trinajstić information content (AvgIpc) is 2.69. The first-order valence-corrected chi connectivity index (χ1v) is 5.80. The van der Waals surface area contributed by atoms with Crippen molar-refractivity contribution in [3.8, 4) is 16.9 Å². The normalized spacial score (nSPS) is 13.3. The fourth-order valence-electron chi connectivity index (χ4n) is 2.05. The van der Waals surface area contributed by atoms with E-state index in [0.29, 0.717) is 16.3 Å². The molecule has 0 fully saturated rings. The summed E-state index contributed by atoms with van der Waals surface area (Å²) in [7, 11) is 0. The second kappa shape index (κ2) is 4.10. The highest BCUT2D eigenvalue weighted by atomic mass is 35.5. The zero-order chi connectivity index (χ0) is 12.7. The molecule has 1 aliphatic heterocycles. The molecule has 0 saturated carbocycles. The van der Waals surface area contributed by atoms with Crippen molar-refractivity contribution in [2.45, 2.75) is 6.42 Å². The van der Waals surface area contributed by atoms with Crippen LogP contribution < -0.4 is 4.74 Å². The van der Waals surface area contributed by atoms with Crippen molar-refractivity contribution in [2.24, 2.45) is 0 Å². The number of carbonyl (C=O) groups excluding carboxylic acids is 1. The van der Waals surface area contributed by atoms with Gasteiger partial charge in [0.15, 0.2) is 0 Å². The largest absolute Gasteiger partial charge is 0.425 e. The van der Waals surface area contributed by atoms with Crippen molar-refractivity contribution < 1.29 is 13.9 Å². The van der Waals surface area contributed by atoms with E-state index in [1.807, 2.05) is 0 Å². The van der Waals surface area contributed by atoms with E-state index in [1.165, 1.54) is 12.1 Å². The van der Waals surface area contributed by atoms with E-state index in [-0.39, 0.29) is 18.2 Å². The van der Waals surface area contributed by atoms with E-state index >= 15 is 0 Å². The van der Waals surface area contributed by atoms with Gasteiger partial charge in [-0.15, -0.1) is 0 Å². The third kappa shape index (κ3) is 1.87. The van der Waals surface area contributed by atoms with Gasteiger partial charge < -0.3 is 4.74 Å². The summed E-state index contributed by atoms with van der Waals surface area (Å²) in [5.74, 6) is -0.0824. The van der Waals surface area contributed by atoms with Gasteiger partial charge in [-0.25, -0.2) is 4.39 Å². The topological polar surface area (TPSA) is 26.3 Å². The Kier molecular flexibility index (Phi) is 2.56. The molecular formula is C14H8ClFO2. The molecule has 0 unspecified atom stereocenters. The highest BCUT2D eigenvalue weighted by Gasteiger charge is 2.24. The Balaban J connectivity index is 2.18. The second-order valence-electron chi connectivity index (χ2n) is 4.10. The Morgan fingerprint density at radius 2 is 1.89 bits per heavy atom. The molecule has 0 spiro atoms. The van der Waals surface area contributed by atoms with Gasteiger partial charge in [-0.2, -0.15) is 0 Å². The summed E-state index contributed by atoms with van der Waals surface area (Å²) >= 11 is 6.02. The zero-order valence-electron chi connectivity index (χ0n) is 9.24. The molecule has 2 aromatic carbocycles. The molecule has 0 radical (unpaired) electrons. The lowest BCUT2D eigenvalue weighted by Gasteiger charge is -2.08. The summed E-state index contributed by atoms with van der Waals surface area (Å²) in [5.41, 5.74) is 2.25. The van der Waals surface area contributed by atoms with Gasteiger partial charge in [-0.3, -0.25) is 4.79 Å². The predicted molar refractivity (Wildman–Crippen MR) is 66.2 cm³/mol. The fourth-order valence-corrected chi connectivity index (χ4v) is 2.29. The highest BCUT2D eigenvalue weighted by Crippen LogP contribution is 2.39. The minimum atomic E-state index is -0.311. The maximum absolute atomic E-state index is 12.9. The molecule has 0 atom stereocenters. The van der Waals surface area contributed by atoms with Crippen LogP contribution in [-0.2, 0) is 11.2 Å². The van der Waals surface area contributed by atoms with Crippen LogP contribution in [0, 0.1) is 5.82 Å². The fraction of sp³-hybridized carbons (Fsp3) is 0.0714. The molecule has 0 saturated heterocycles. The Morgan fingerprint density at radius 3 is 2.61 bits per heavy atom. The number of hydrogen-bond donors (Lipinski definition) is 0. The lowest BCUT2D eigenvalue weighted by molar-refractivity contribution is -0.131. The van der Waals surface area contributed by atoms with E-state index < -0.39 is 0 Å². The molecule has 0 amide bonds. The minimum absolute atomic E-state index is 0.226. The van der Waals surface area contributed by atoms with Crippen LogP contribution in [-0.4, -0.2) is 5.97 Å². The van der Waals surface area contributed by atoms with Crippen molar-refractivity contribution in [1.82, 2.24) is 0 Å². The molecular weight excluding hydrogens is 255 g/mol. The van der Waals surface area contributed by atoms with E-state index in [0.717, 1.165) is 11.1 Å². The van der Waals surface area contributed by atoms with Gasteiger partial charge in [0.25, 0.3) is 0 Å². The molecule has 0 aliphatic carbocycles. The van der Waals surface area contributed by atoms with Gasteiger partial charge in [0, 0.05) is 16.1 Å². The number of esters is 1. The molecule has 90 valence electrons. The van der Waals surface area contributed by atoms with Crippen LogP contribution in [0.15, 0.2) is 36.4 Å². The molecule has 2 aromatic rings. The van der Waals surface area contributed by atoms with Crippen LogP contribution in [0.2, 0.25) is 5.02 Å². The third-order valence-electron chi connectivity index (χ3n) is 2.84. The zero-order valence-corrected chi connectivity index (χ0v) is 10.00. The van der Waals surface area contributed by atoms with Gasteiger partial charge in [0.1, 0.15) is 11.6 Å². The molecule has 0 bridgehead atoms. The molecule has 0 N–H and O–H groups in total. The predicted octanol–water partition coefficient (Wildman–Crippen LogP) is 3.61. The van der Waals surface area contributed by atoms with Gasteiger partial charge in [0.05, 0.1) is 6.42 Å². The van der Waals surface area contributed by atoms with Crippen molar-refractivity contribution in [1.29, 1.82) is 0 Å². The second-order valence-corrected chi connectivity index (χ2v) is 4.54. The quantitative estimate of drug-likeness (QED) is 0.580. The Morgan fingerprint density at radius 1 is 1.17 bits per heavy atom. The minimum Gasteiger partial charge on any atom is -0.425 e. The summed E-state index contributed by atoms with van der Waals surface area (Å²) in [4.78, 5) is 11.3. The molecule has 18 heavy (non-hydrogen) atoms. The standard InChI is InChI=1S/C14H8ClFO2/c15-10-5-9-6-13(17)18-14(9)12(7-10)8-1-3-11(16)4-2-8/h1-5,7H,6H2. The van der Waals surface area contributed by atoms with Gasteiger partial charge in [-0.05, 0) is 29.8 Å². The van der Waals surface area contributed by atoms with Crippen molar-refractivity contribution in [2.75, 3.05) is 0 Å². The van der Waals surface area contributed by atoms with E-state index in [4.69, 9.17) is 16.3 Å². The summed E-state index contributed by atoms with van der Waals surface area (Å²) in [6.45, 7) is 0. The van der Waals surface area contributed by atoms with Gasteiger partial charge >= 0.3 is 5.97 Å². The Bertz CT molecular complexity index is 635. The molecule has 3 rings (SSSR count). The first kappa shape index (κ1) is 11.2. The number of hydrogen-bond acceptors (Lipinski definition) is 2. The van der Waals surface area contributed by atoms with E-state index in [1.54, 1.807) is 24.3 Å². The number of benzene rings is 2. The van der Waals surface area contributed by atoms with Crippen LogP contribution in [0.5, 0.6) is 5.75 Å². The molecule has 4 heteroatoms. The average molecular weight is 263 g/mol. The maximum Gasteiger partial charge on any atom is 0.315 e. The van der Waals surface area contributed by atoms with E-state index in [9.17, 15) is 9.18 Å². The molecule has 2 nitrogen and oxygen atoms in total. The Hall–Kier alpha value is -1.87. The third-order valence-corrected chi connectivity index (χ3v) is 3.05. The SMILES string of the molecule is O=C1Cc2cc(Cl)cc(-c3ccc(F)cc3)c2O1. The summed E-state index contributed by atoms with van der Waals surface area (Å²) < 4.78 is 18.1. The number of ether oxygens (including phenoxy) is 1. The summed E-state index contributed by atoms with van der Waals surface area (Å²) in [6, 6.07) is 9.42.